The lowest BCUT2D eigenvalue weighted by Gasteiger charge is -2.48. The Morgan fingerprint density at radius 2 is 1.81 bits per heavy atom. The molecular formula is C24H31FN4O3. The molecule has 1 aromatic heterocycles. The van der Waals surface area contributed by atoms with Crippen LogP contribution in [0.25, 0.3) is 0 Å². The molecule has 0 atom stereocenters. The van der Waals surface area contributed by atoms with Crippen molar-refractivity contribution in [3.05, 3.63) is 54.0 Å². The second-order valence-corrected chi connectivity index (χ2v) is 8.48. The van der Waals surface area contributed by atoms with Gasteiger partial charge in [0.2, 0.25) is 5.88 Å². The van der Waals surface area contributed by atoms with E-state index in [2.05, 4.69) is 20.5 Å². The van der Waals surface area contributed by atoms with E-state index >= 15 is 0 Å². The van der Waals surface area contributed by atoms with Crippen LogP contribution in [-0.2, 0) is 11.3 Å². The zero-order valence-corrected chi connectivity index (χ0v) is 18.3. The number of hydrogen-bond acceptors (Lipinski definition) is 5. The molecule has 2 fully saturated rings. The van der Waals surface area contributed by atoms with Crippen LogP contribution >= 0.6 is 0 Å². The molecule has 1 aromatic carbocycles. The Balaban J connectivity index is 1.25. The van der Waals surface area contributed by atoms with E-state index < -0.39 is 0 Å². The third kappa shape index (κ3) is 5.95. The molecule has 8 heteroatoms. The highest BCUT2D eigenvalue weighted by Crippen LogP contribution is 2.33. The van der Waals surface area contributed by atoms with Crippen molar-refractivity contribution in [2.24, 2.45) is 0 Å². The standard InChI is InChI=1S/C24H31FN4O3/c25-20-5-7-21(8-6-20)32-22-9-4-19(16-26-22)17-27-23(30)28-18-24(10-2-1-3-11-24)29-12-14-31-15-13-29/h4-9,16H,1-3,10-15,17-18H2,(H2,27,28,30). The Kier molecular flexibility index (Phi) is 7.55. The Bertz CT molecular complexity index is 864. The van der Waals surface area contributed by atoms with Gasteiger partial charge in [-0.05, 0) is 42.7 Å². The Morgan fingerprint density at radius 3 is 2.50 bits per heavy atom. The number of pyridine rings is 1. The summed E-state index contributed by atoms with van der Waals surface area (Å²) < 4.78 is 24.1. The molecule has 2 amide bonds. The maximum Gasteiger partial charge on any atom is 0.315 e. The lowest BCUT2D eigenvalue weighted by molar-refractivity contribution is -0.0357. The minimum absolute atomic E-state index is 0.0419. The first kappa shape index (κ1) is 22.5. The van der Waals surface area contributed by atoms with Gasteiger partial charge in [-0.3, -0.25) is 4.90 Å². The maximum atomic E-state index is 13.0. The second kappa shape index (κ2) is 10.7. The number of morpholine rings is 1. The Morgan fingerprint density at radius 1 is 1.06 bits per heavy atom. The molecule has 0 radical (unpaired) electrons. The van der Waals surface area contributed by atoms with E-state index in [1.165, 1.54) is 31.4 Å². The number of urea groups is 1. The van der Waals surface area contributed by atoms with Crippen LogP contribution in [0.4, 0.5) is 9.18 Å². The fourth-order valence-corrected chi connectivity index (χ4v) is 4.54. The van der Waals surface area contributed by atoms with Crippen molar-refractivity contribution in [2.45, 2.75) is 44.2 Å². The first-order chi connectivity index (χ1) is 15.6. The van der Waals surface area contributed by atoms with Crippen LogP contribution in [0.3, 0.4) is 0 Å². The molecule has 172 valence electrons. The van der Waals surface area contributed by atoms with E-state index in [-0.39, 0.29) is 17.4 Å². The van der Waals surface area contributed by atoms with Gasteiger partial charge in [0, 0.05) is 44.0 Å². The van der Waals surface area contributed by atoms with Crippen molar-refractivity contribution in [2.75, 3.05) is 32.8 Å². The van der Waals surface area contributed by atoms with Crippen molar-refractivity contribution >= 4 is 6.03 Å². The highest BCUT2D eigenvalue weighted by molar-refractivity contribution is 5.73. The maximum absolute atomic E-state index is 13.0. The van der Waals surface area contributed by atoms with E-state index in [4.69, 9.17) is 9.47 Å². The summed E-state index contributed by atoms with van der Waals surface area (Å²) in [6.45, 7) is 4.42. The summed E-state index contributed by atoms with van der Waals surface area (Å²) in [7, 11) is 0. The lowest BCUT2D eigenvalue weighted by Crippen LogP contribution is -2.60. The summed E-state index contributed by atoms with van der Waals surface area (Å²) >= 11 is 0. The first-order valence-electron chi connectivity index (χ1n) is 11.4. The summed E-state index contributed by atoms with van der Waals surface area (Å²) in [6, 6.07) is 9.18. The second-order valence-electron chi connectivity index (χ2n) is 8.48. The number of nitrogens with one attached hydrogen (secondary N) is 2. The molecule has 7 nitrogen and oxygen atoms in total. The number of hydrogen-bond donors (Lipinski definition) is 2. The number of rotatable bonds is 7. The third-order valence-corrected chi connectivity index (χ3v) is 6.33. The largest absolute Gasteiger partial charge is 0.439 e. The molecule has 1 saturated heterocycles. The van der Waals surface area contributed by atoms with E-state index in [1.807, 2.05) is 6.07 Å². The van der Waals surface area contributed by atoms with Gasteiger partial charge in [0.1, 0.15) is 11.6 Å². The fourth-order valence-electron chi connectivity index (χ4n) is 4.54. The van der Waals surface area contributed by atoms with Crippen LogP contribution < -0.4 is 15.4 Å². The molecule has 2 aliphatic rings. The van der Waals surface area contributed by atoms with E-state index in [0.29, 0.717) is 24.7 Å². The van der Waals surface area contributed by atoms with Gasteiger partial charge in [-0.1, -0.05) is 25.3 Å². The number of amides is 2. The van der Waals surface area contributed by atoms with Crippen molar-refractivity contribution in [1.82, 2.24) is 20.5 Å². The predicted molar refractivity (Wildman–Crippen MR) is 119 cm³/mol. The molecule has 2 heterocycles. The van der Waals surface area contributed by atoms with Gasteiger partial charge in [0.15, 0.2) is 0 Å². The molecule has 2 N–H and O–H groups in total. The first-order valence-corrected chi connectivity index (χ1v) is 11.4. The average molecular weight is 443 g/mol. The van der Waals surface area contributed by atoms with Crippen LogP contribution in [0.5, 0.6) is 11.6 Å². The molecule has 1 saturated carbocycles. The quantitative estimate of drug-likeness (QED) is 0.681. The highest BCUT2D eigenvalue weighted by atomic mass is 19.1. The predicted octanol–water partition coefficient (Wildman–Crippen LogP) is 3.85. The number of carbonyl (C=O) groups excluding carboxylic acids is 1. The fraction of sp³-hybridized carbons (Fsp3) is 0.500. The summed E-state index contributed by atoms with van der Waals surface area (Å²) in [5.41, 5.74) is 0.910. The van der Waals surface area contributed by atoms with Crippen molar-refractivity contribution in [3.63, 3.8) is 0 Å². The normalized spacial score (nSPS) is 18.7. The van der Waals surface area contributed by atoms with Crippen molar-refractivity contribution in [3.8, 4) is 11.6 Å². The van der Waals surface area contributed by atoms with Gasteiger partial charge >= 0.3 is 6.03 Å². The molecular weight excluding hydrogens is 411 g/mol. The van der Waals surface area contributed by atoms with Gasteiger partial charge in [-0.15, -0.1) is 0 Å². The molecule has 0 unspecified atom stereocenters. The van der Waals surface area contributed by atoms with Gasteiger partial charge in [-0.25, -0.2) is 14.2 Å². The molecule has 2 aromatic rings. The smallest absolute Gasteiger partial charge is 0.315 e. The lowest BCUT2D eigenvalue weighted by atomic mass is 9.80. The highest BCUT2D eigenvalue weighted by Gasteiger charge is 2.38. The van der Waals surface area contributed by atoms with E-state index in [0.717, 1.165) is 44.7 Å². The van der Waals surface area contributed by atoms with Crippen molar-refractivity contribution < 1.29 is 18.7 Å². The number of nitrogens with zero attached hydrogens (tertiary/aromatic N) is 2. The number of benzene rings is 1. The number of carbonyl (C=O) groups is 1. The topological polar surface area (TPSA) is 75.7 Å². The van der Waals surface area contributed by atoms with Crippen molar-refractivity contribution in [1.29, 1.82) is 0 Å². The van der Waals surface area contributed by atoms with Crippen LogP contribution in [-0.4, -0.2) is 54.3 Å². The van der Waals surface area contributed by atoms with Crippen LogP contribution in [0.15, 0.2) is 42.6 Å². The SMILES string of the molecule is O=C(NCc1ccc(Oc2ccc(F)cc2)nc1)NCC1(N2CCOCC2)CCCCC1. The molecule has 1 aliphatic heterocycles. The minimum atomic E-state index is -0.315. The monoisotopic (exact) mass is 442 g/mol. The number of ether oxygens (including phenoxy) is 2. The average Bonchev–Trinajstić information content (AvgIpc) is 2.85. The summed E-state index contributed by atoms with van der Waals surface area (Å²) in [4.78, 5) is 19.3. The van der Waals surface area contributed by atoms with Gasteiger partial charge in [-0.2, -0.15) is 0 Å². The van der Waals surface area contributed by atoms with E-state index in [1.54, 1.807) is 24.4 Å². The third-order valence-electron chi connectivity index (χ3n) is 6.33. The van der Waals surface area contributed by atoms with Crippen LogP contribution in [0, 0.1) is 5.82 Å². The number of halogens is 1. The molecule has 1 aliphatic carbocycles. The summed E-state index contributed by atoms with van der Waals surface area (Å²) in [5.74, 6) is 0.611. The zero-order valence-electron chi connectivity index (χ0n) is 18.3. The van der Waals surface area contributed by atoms with E-state index in [9.17, 15) is 9.18 Å². The number of aromatic nitrogens is 1. The van der Waals surface area contributed by atoms with Gasteiger partial charge < -0.3 is 20.1 Å². The van der Waals surface area contributed by atoms with Gasteiger partial charge in [0.05, 0.1) is 13.2 Å². The molecule has 0 bridgehead atoms. The minimum Gasteiger partial charge on any atom is -0.439 e. The Hall–Kier alpha value is -2.71. The molecule has 4 rings (SSSR count). The van der Waals surface area contributed by atoms with Crippen LogP contribution in [0.2, 0.25) is 0 Å². The zero-order chi connectivity index (χ0) is 22.2. The molecule has 32 heavy (non-hydrogen) atoms. The van der Waals surface area contributed by atoms with Gasteiger partial charge in [0.25, 0.3) is 0 Å². The molecule has 0 spiro atoms. The Labute approximate surface area is 188 Å². The van der Waals surface area contributed by atoms with Crippen LogP contribution in [0.1, 0.15) is 37.7 Å². The summed E-state index contributed by atoms with van der Waals surface area (Å²) in [5, 5.41) is 6.02. The summed E-state index contributed by atoms with van der Waals surface area (Å²) in [6.07, 6.45) is 7.58.